The van der Waals surface area contributed by atoms with Crippen LogP contribution in [0.25, 0.3) is 0 Å². The zero-order valence-electron chi connectivity index (χ0n) is 16.2. The van der Waals surface area contributed by atoms with Gasteiger partial charge in [0.1, 0.15) is 5.60 Å². The topological polar surface area (TPSA) is 59.6 Å². The standard InChI is InChI=1S/C18H36N2O3/c1-9-22-15-10-14(18(15,7)8)19-11-13(12(2)3)20-16(21)23-17(4,5)6/h12-15,19H,9-11H2,1-8H3,(H,20,21). The molecule has 0 spiro atoms. The van der Waals surface area contributed by atoms with E-state index in [0.717, 1.165) is 19.6 Å². The number of carbonyl (C=O) groups is 1. The largest absolute Gasteiger partial charge is 0.444 e. The molecule has 0 radical (unpaired) electrons. The predicted molar refractivity (Wildman–Crippen MR) is 93.6 cm³/mol. The zero-order valence-corrected chi connectivity index (χ0v) is 16.2. The first-order chi connectivity index (χ1) is 10.5. The van der Waals surface area contributed by atoms with Crippen molar-refractivity contribution < 1.29 is 14.3 Å². The number of ether oxygens (including phenoxy) is 2. The lowest BCUT2D eigenvalue weighted by atomic mass is 9.64. The lowest BCUT2D eigenvalue weighted by Gasteiger charge is -2.52. The van der Waals surface area contributed by atoms with Crippen molar-refractivity contribution in [2.75, 3.05) is 13.2 Å². The number of amides is 1. The molecule has 0 bridgehead atoms. The maximum atomic E-state index is 12.0. The second kappa shape index (κ2) is 7.84. The fourth-order valence-electron chi connectivity index (χ4n) is 2.90. The summed E-state index contributed by atoms with van der Waals surface area (Å²) in [7, 11) is 0. The van der Waals surface area contributed by atoms with Gasteiger partial charge in [0.15, 0.2) is 0 Å². The SMILES string of the molecule is CCOC1CC(NCC(NC(=O)OC(C)(C)C)C(C)C)C1(C)C. The van der Waals surface area contributed by atoms with Crippen LogP contribution in [0.2, 0.25) is 0 Å². The van der Waals surface area contributed by atoms with Crippen LogP contribution in [-0.4, -0.2) is 43.0 Å². The number of nitrogens with one attached hydrogen (secondary N) is 2. The van der Waals surface area contributed by atoms with Crippen molar-refractivity contribution >= 4 is 6.09 Å². The lowest BCUT2D eigenvalue weighted by molar-refractivity contribution is -0.114. The molecule has 136 valence electrons. The van der Waals surface area contributed by atoms with E-state index in [2.05, 4.69) is 38.3 Å². The van der Waals surface area contributed by atoms with Crippen LogP contribution in [0.4, 0.5) is 4.79 Å². The molecule has 1 saturated carbocycles. The molecule has 0 aromatic carbocycles. The minimum absolute atomic E-state index is 0.0480. The van der Waals surface area contributed by atoms with Crippen molar-refractivity contribution in [3.63, 3.8) is 0 Å². The molecule has 0 aliphatic heterocycles. The molecule has 3 atom stereocenters. The summed E-state index contributed by atoms with van der Waals surface area (Å²) in [5.41, 5.74) is -0.344. The Labute approximate surface area is 141 Å². The van der Waals surface area contributed by atoms with Crippen molar-refractivity contribution in [3.05, 3.63) is 0 Å². The fraction of sp³-hybridized carbons (Fsp3) is 0.944. The van der Waals surface area contributed by atoms with Crippen molar-refractivity contribution in [1.82, 2.24) is 10.6 Å². The highest BCUT2D eigenvalue weighted by Gasteiger charge is 2.48. The van der Waals surface area contributed by atoms with Crippen molar-refractivity contribution in [3.8, 4) is 0 Å². The molecular formula is C18H36N2O3. The Morgan fingerprint density at radius 1 is 1.30 bits per heavy atom. The van der Waals surface area contributed by atoms with Gasteiger partial charge >= 0.3 is 6.09 Å². The quantitative estimate of drug-likeness (QED) is 0.752. The Morgan fingerprint density at radius 3 is 2.35 bits per heavy atom. The van der Waals surface area contributed by atoms with Crippen LogP contribution >= 0.6 is 0 Å². The maximum absolute atomic E-state index is 12.0. The number of rotatable bonds is 7. The third-order valence-electron chi connectivity index (χ3n) is 4.64. The van der Waals surface area contributed by atoms with Crippen molar-refractivity contribution in [2.24, 2.45) is 11.3 Å². The van der Waals surface area contributed by atoms with Gasteiger partial charge in [0, 0.05) is 30.7 Å². The molecule has 3 unspecified atom stereocenters. The van der Waals surface area contributed by atoms with E-state index in [1.54, 1.807) is 0 Å². The van der Waals surface area contributed by atoms with Gasteiger partial charge in [0.25, 0.3) is 0 Å². The Kier molecular flexibility index (Phi) is 6.90. The Bertz CT molecular complexity index is 388. The summed E-state index contributed by atoms with van der Waals surface area (Å²) in [5.74, 6) is 0.334. The van der Waals surface area contributed by atoms with Gasteiger partial charge < -0.3 is 20.1 Å². The van der Waals surface area contributed by atoms with Gasteiger partial charge in [-0.15, -0.1) is 0 Å². The van der Waals surface area contributed by atoms with Crippen molar-refractivity contribution in [1.29, 1.82) is 0 Å². The molecule has 23 heavy (non-hydrogen) atoms. The number of carbonyl (C=O) groups excluding carboxylic acids is 1. The molecule has 1 aliphatic rings. The van der Waals surface area contributed by atoms with Crippen LogP contribution in [-0.2, 0) is 9.47 Å². The highest BCUT2D eigenvalue weighted by atomic mass is 16.6. The molecule has 5 nitrogen and oxygen atoms in total. The predicted octanol–water partition coefficient (Wildman–Crippen LogP) is 3.33. The number of alkyl carbamates (subject to hydrolysis) is 1. The van der Waals surface area contributed by atoms with Crippen LogP contribution in [0.1, 0.15) is 61.8 Å². The summed E-state index contributed by atoms with van der Waals surface area (Å²) >= 11 is 0. The summed E-state index contributed by atoms with van der Waals surface area (Å²) in [6.45, 7) is 17.9. The van der Waals surface area contributed by atoms with E-state index < -0.39 is 5.60 Å². The molecule has 0 aromatic heterocycles. The number of hydrogen-bond donors (Lipinski definition) is 2. The smallest absolute Gasteiger partial charge is 0.407 e. The minimum Gasteiger partial charge on any atom is -0.444 e. The molecule has 0 heterocycles. The molecule has 1 amide bonds. The Hall–Kier alpha value is -0.810. The van der Waals surface area contributed by atoms with Crippen molar-refractivity contribution in [2.45, 2.75) is 85.6 Å². The molecular weight excluding hydrogens is 292 g/mol. The monoisotopic (exact) mass is 328 g/mol. The summed E-state index contributed by atoms with van der Waals surface area (Å²) in [5, 5.41) is 6.58. The second-order valence-electron chi connectivity index (χ2n) is 8.46. The van der Waals surface area contributed by atoms with Gasteiger partial charge in [-0.05, 0) is 40.0 Å². The van der Waals surface area contributed by atoms with Gasteiger partial charge in [0.2, 0.25) is 0 Å². The summed E-state index contributed by atoms with van der Waals surface area (Å²) < 4.78 is 11.1. The molecule has 1 aliphatic carbocycles. The summed E-state index contributed by atoms with van der Waals surface area (Å²) in [6, 6.07) is 0.465. The van der Waals surface area contributed by atoms with Crippen LogP contribution in [0.3, 0.4) is 0 Å². The van der Waals surface area contributed by atoms with Crippen LogP contribution in [0.15, 0.2) is 0 Å². The molecule has 0 saturated heterocycles. The summed E-state index contributed by atoms with van der Waals surface area (Å²) in [6.07, 6.45) is 0.998. The van der Waals surface area contributed by atoms with E-state index in [-0.39, 0.29) is 17.6 Å². The third-order valence-corrected chi connectivity index (χ3v) is 4.64. The molecule has 5 heteroatoms. The van der Waals surface area contributed by atoms with Gasteiger partial charge in [-0.1, -0.05) is 27.7 Å². The van der Waals surface area contributed by atoms with Crippen LogP contribution < -0.4 is 10.6 Å². The average molecular weight is 328 g/mol. The normalized spacial score (nSPS) is 24.9. The molecule has 2 N–H and O–H groups in total. The van der Waals surface area contributed by atoms with Crippen LogP contribution in [0, 0.1) is 11.3 Å². The van der Waals surface area contributed by atoms with Gasteiger partial charge in [0.05, 0.1) is 6.10 Å². The summed E-state index contributed by atoms with van der Waals surface area (Å²) in [4.78, 5) is 12.0. The fourth-order valence-corrected chi connectivity index (χ4v) is 2.90. The van der Waals surface area contributed by atoms with E-state index in [1.165, 1.54) is 0 Å². The number of hydrogen-bond acceptors (Lipinski definition) is 4. The van der Waals surface area contributed by atoms with E-state index in [0.29, 0.717) is 18.1 Å². The average Bonchev–Trinajstić information content (AvgIpc) is 2.38. The highest BCUT2D eigenvalue weighted by molar-refractivity contribution is 5.68. The molecule has 0 aromatic rings. The first kappa shape index (κ1) is 20.2. The van der Waals surface area contributed by atoms with Gasteiger partial charge in [-0.25, -0.2) is 4.79 Å². The van der Waals surface area contributed by atoms with E-state index in [4.69, 9.17) is 9.47 Å². The Balaban J connectivity index is 2.47. The van der Waals surface area contributed by atoms with Gasteiger partial charge in [-0.3, -0.25) is 0 Å². The Morgan fingerprint density at radius 2 is 1.91 bits per heavy atom. The molecule has 1 rings (SSSR count). The third kappa shape index (κ3) is 5.96. The van der Waals surface area contributed by atoms with E-state index >= 15 is 0 Å². The van der Waals surface area contributed by atoms with Gasteiger partial charge in [-0.2, -0.15) is 0 Å². The second-order valence-corrected chi connectivity index (χ2v) is 8.46. The first-order valence-corrected chi connectivity index (χ1v) is 8.81. The molecule has 1 fully saturated rings. The lowest BCUT2D eigenvalue weighted by Crippen LogP contribution is -2.62. The first-order valence-electron chi connectivity index (χ1n) is 8.81. The van der Waals surface area contributed by atoms with E-state index in [1.807, 2.05) is 27.7 Å². The van der Waals surface area contributed by atoms with E-state index in [9.17, 15) is 4.79 Å². The highest BCUT2D eigenvalue weighted by Crippen LogP contribution is 2.42. The minimum atomic E-state index is -0.473. The van der Waals surface area contributed by atoms with Crippen LogP contribution in [0.5, 0.6) is 0 Å². The maximum Gasteiger partial charge on any atom is 0.407 e. The zero-order chi connectivity index (χ0) is 17.8.